The highest BCUT2D eigenvalue weighted by molar-refractivity contribution is 7.07. The Morgan fingerprint density at radius 2 is 2.31 bits per heavy atom. The molecule has 0 spiro atoms. The SMILES string of the molecule is C=CCOC(=O)/C(C#N)=c1\s/c(=C\C=C\c2cnc(CCCC)[nH]2)c(=O)n1CC.[HH]. The largest absolute Gasteiger partial charge is 0.457 e. The number of H-pyrrole nitrogens is 1. The first-order chi connectivity index (χ1) is 14.0. The minimum absolute atomic E-state index is 0. The summed E-state index contributed by atoms with van der Waals surface area (Å²) in [5.41, 5.74) is 0.403. The zero-order valence-electron chi connectivity index (χ0n) is 16.6. The molecule has 1 N–H and O–H groups in total. The van der Waals surface area contributed by atoms with E-state index < -0.39 is 5.97 Å². The van der Waals surface area contributed by atoms with E-state index in [1.165, 1.54) is 10.6 Å². The standard InChI is InChI=1S/C21H24N4O3S.H2/c1-4-7-11-18-23-14-15(24-18)9-8-10-17-19(26)25(6-3)20(29-17)16(13-22)21(27)28-12-5-2;/h5,8-10,14H,2,4,6-7,11-12H2,1,3H3,(H,23,24);1H/b9-8+,17-10-,20-16-;. The summed E-state index contributed by atoms with van der Waals surface area (Å²) < 4.78 is 7.07. The number of rotatable bonds is 9. The van der Waals surface area contributed by atoms with E-state index in [0.717, 1.165) is 42.1 Å². The molecule has 2 rings (SSSR count). The van der Waals surface area contributed by atoms with Crippen LogP contribution in [0.2, 0.25) is 0 Å². The van der Waals surface area contributed by atoms with E-state index in [2.05, 4.69) is 23.5 Å². The number of unbranched alkanes of at least 4 members (excludes halogenated alkanes) is 1. The van der Waals surface area contributed by atoms with Crippen LogP contribution in [0.3, 0.4) is 0 Å². The second kappa shape index (κ2) is 11.0. The number of aromatic nitrogens is 3. The predicted octanol–water partition coefficient (Wildman–Crippen LogP) is 2.14. The fourth-order valence-corrected chi connectivity index (χ4v) is 3.67. The monoisotopic (exact) mass is 414 g/mol. The van der Waals surface area contributed by atoms with Crippen LogP contribution in [-0.2, 0) is 22.5 Å². The van der Waals surface area contributed by atoms with Gasteiger partial charge in [0.25, 0.3) is 5.56 Å². The van der Waals surface area contributed by atoms with Gasteiger partial charge in [-0.2, -0.15) is 5.26 Å². The Hall–Kier alpha value is -3.18. The van der Waals surface area contributed by atoms with E-state index >= 15 is 0 Å². The normalized spacial score (nSPS) is 12.8. The van der Waals surface area contributed by atoms with Gasteiger partial charge in [-0.1, -0.05) is 32.1 Å². The summed E-state index contributed by atoms with van der Waals surface area (Å²) in [4.78, 5) is 32.3. The van der Waals surface area contributed by atoms with Crippen molar-refractivity contribution < 1.29 is 11.0 Å². The molecule has 0 aliphatic rings. The van der Waals surface area contributed by atoms with E-state index in [-0.39, 0.29) is 23.8 Å². The molecule has 0 aliphatic heterocycles. The third-order valence-electron chi connectivity index (χ3n) is 4.02. The van der Waals surface area contributed by atoms with E-state index in [9.17, 15) is 14.9 Å². The molecule has 0 radical (unpaired) electrons. The van der Waals surface area contributed by atoms with E-state index in [4.69, 9.17) is 4.74 Å². The average Bonchev–Trinajstić information content (AvgIpc) is 3.30. The van der Waals surface area contributed by atoms with Gasteiger partial charge in [0.05, 0.1) is 16.4 Å². The number of carbonyl (C=O) groups excluding carboxylic acids is 1. The summed E-state index contributed by atoms with van der Waals surface area (Å²) in [6.45, 7) is 7.72. The maximum atomic E-state index is 12.6. The molecule has 8 heteroatoms. The van der Waals surface area contributed by atoms with Crippen LogP contribution in [0.25, 0.3) is 17.7 Å². The molecule has 2 aromatic heterocycles. The minimum Gasteiger partial charge on any atom is -0.457 e. The van der Waals surface area contributed by atoms with Gasteiger partial charge in [-0.25, -0.2) is 9.78 Å². The molecule has 0 saturated heterocycles. The van der Waals surface area contributed by atoms with Crippen LogP contribution >= 0.6 is 11.3 Å². The molecule has 29 heavy (non-hydrogen) atoms. The number of thiazole rings is 1. The molecule has 0 saturated carbocycles. The van der Waals surface area contributed by atoms with Gasteiger partial charge in [-0.3, -0.25) is 9.36 Å². The van der Waals surface area contributed by atoms with Crippen LogP contribution in [0.4, 0.5) is 0 Å². The molecule has 2 heterocycles. The summed E-state index contributed by atoms with van der Waals surface area (Å²) in [5.74, 6) is 0.166. The molecule has 0 bridgehead atoms. The molecule has 0 aliphatic carbocycles. The number of aromatic amines is 1. The summed E-state index contributed by atoms with van der Waals surface area (Å²) in [6.07, 6.45) is 11.5. The topological polar surface area (TPSA) is 101 Å². The van der Waals surface area contributed by atoms with E-state index in [1.807, 2.05) is 12.1 Å². The molecule has 154 valence electrons. The van der Waals surface area contributed by atoms with Gasteiger partial charge in [0, 0.05) is 14.4 Å². The molecule has 0 unspecified atom stereocenters. The third kappa shape index (κ3) is 5.65. The van der Waals surface area contributed by atoms with Crippen molar-refractivity contribution in [1.29, 1.82) is 5.26 Å². The van der Waals surface area contributed by atoms with Gasteiger partial charge < -0.3 is 9.72 Å². The lowest BCUT2D eigenvalue weighted by atomic mass is 10.2. The van der Waals surface area contributed by atoms with Gasteiger partial charge in [0.2, 0.25) is 0 Å². The van der Waals surface area contributed by atoms with Crippen molar-refractivity contribution in [3.8, 4) is 6.07 Å². The number of hydrogen-bond acceptors (Lipinski definition) is 6. The molecule has 2 aromatic rings. The van der Waals surface area contributed by atoms with Crippen LogP contribution in [0.15, 0.2) is 29.7 Å². The van der Waals surface area contributed by atoms with Crippen molar-refractivity contribution in [3.63, 3.8) is 0 Å². The van der Waals surface area contributed by atoms with E-state index in [0.29, 0.717) is 11.1 Å². The van der Waals surface area contributed by atoms with Crippen LogP contribution in [0, 0.1) is 11.3 Å². The summed E-state index contributed by atoms with van der Waals surface area (Å²) in [5, 5.41) is 9.40. The number of aryl methyl sites for hydroxylation is 1. The van der Waals surface area contributed by atoms with Crippen LogP contribution in [0.1, 0.15) is 39.6 Å². The molecule has 0 fully saturated rings. The zero-order chi connectivity index (χ0) is 21.2. The summed E-state index contributed by atoms with van der Waals surface area (Å²) >= 11 is 1.09. The van der Waals surface area contributed by atoms with Crippen molar-refractivity contribution in [2.75, 3.05) is 6.61 Å². The predicted molar refractivity (Wildman–Crippen MR) is 116 cm³/mol. The van der Waals surface area contributed by atoms with Gasteiger partial charge >= 0.3 is 5.97 Å². The number of hydrogen-bond donors (Lipinski definition) is 1. The summed E-state index contributed by atoms with van der Waals surface area (Å²) in [7, 11) is 0. The van der Waals surface area contributed by atoms with Crippen molar-refractivity contribution in [3.05, 3.63) is 56.0 Å². The fourth-order valence-electron chi connectivity index (χ4n) is 2.57. The Morgan fingerprint density at radius 1 is 1.52 bits per heavy atom. The second-order valence-corrected chi connectivity index (χ2v) is 7.14. The average molecular weight is 415 g/mol. The Balaban J connectivity index is 0.00000450. The Morgan fingerprint density at radius 3 is 2.97 bits per heavy atom. The van der Waals surface area contributed by atoms with Gasteiger partial charge in [-0.15, -0.1) is 11.3 Å². The fraction of sp³-hybridized carbons (Fsp3) is 0.333. The minimum atomic E-state index is -0.769. The highest BCUT2D eigenvalue weighted by Crippen LogP contribution is 2.04. The number of esters is 1. The van der Waals surface area contributed by atoms with Gasteiger partial charge in [0.1, 0.15) is 23.2 Å². The third-order valence-corrected chi connectivity index (χ3v) is 5.17. The maximum Gasteiger partial charge on any atom is 0.352 e. The first-order valence-electron chi connectivity index (χ1n) is 9.40. The number of nitriles is 1. The molecule has 0 aromatic carbocycles. The first kappa shape index (κ1) is 22.1. The number of carbonyl (C=O) groups is 1. The maximum absolute atomic E-state index is 12.6. The molecule has 0 atom stereocenters. The number of nitrogens with one attached hydrogen (secondary N) is 1. The lowest BCUT2D eigenvalue weighted by molar-refractivity contribution is -0.135. The van der Waals surface area contributed by atoms with Crippen LogP contribution in [-0.4, -0.2) is 27.1 Å². The first-order valence-corrected chi connectivity index (χ1v) is 10.2. The number of allylic oxidation sites excluding steroid dienone is 1. The highest BCUT2D eigenvalue weighted by atomic mass is 32.1. The number of nitrogens with zero attached hydrogens (tertiary/aromatic N) is 3. The molecular weight excluding hydrogens is 388 g/mol. The van der Waals surface area contributed by atoms with Crippen molar-refractivity contribution in [1.82, 2.24) is 14.5 Å². The highest BCUT2D eigenvalue weighted by Gasteiger charge is 2.16. The smallest absolute Gasteiger partial charge is 0.352 e. The zero-order valence-corrected chi connectivity index (χ0v) is 17.4. The van der Waals surface area contributed by atoms with Crippen molar-refractivity contribution in [2.45, 2.75) is 39.7 Å². The van der Waals surface area contributed by atoms with Gasteiger partial charge in [-0.05, 0) is 25.5 Å². The van der Waals surface area contributed by atoms with E-state index in [1.54, 1.807) is 25.3 Å². The number of imidazole rings is 1. The van der Waals surface area contributed by atoms with Crippen molar-refractivity contribution >= 4 is 35.0 Å². The Bertz CT molecular complexity index is 1120. The van der Waals surface area contributed by atoms with Gasteiger partial charge in [0.15, 0.2) is 5.57 Å². The van der Waals surface area contributed by atoms with Crippen LogP contribution < -0.4 is 14.8 Å². The molecule has 7 nitrogen and oxygen atoms in total. The molecule has 0 amide bonds. The lowest BCUT2D eigenvalue weighted by Gasteiger charge is -2.00. The van der Waals surface area contributed by atoms with Crippen molar-refractivity contribution in [2.24, 2.45) is 0 Å². The Labute approximate surface area is 174 Å². The quantitative estimate of drug-likeness (QED) is 0.500. The lowest BCUT2D eigenvalue weighted by Crippen LogP contribution is -2.32. The van der Waals surface area contributed by atoms with Crippen LogP contribution in [0.5, 0.6) is 0 Å². The molecular formula is C21H26N4O3S. The Kier molecular flexibility index (Phi) is 8.37. The second-order valence-electron chi connectivity index (χ2n) is 6.11. The number of ether oxygens (including phenoxy) is 1. The summed E-state index contributed by atoms with van der Waals surface area (Å²) in [6, 6.07) is 1.86.